The van der Waals surface area contributed by atoms with Crippen molar-refractivity contribution in [3.8, 4) is 6.07 Å². The molecule has 0 spiro atoms. The average molecular weight is 262 g/mol. The van der Waals surface area contributed by atoms with Crippen molar-refractivity contribution in [3.05, 3.63) is 27.9 Å². The van der Waals surface area contributed by atoms with Gasteiger partial charge in [-0.3, -0.25) is 10.1 Å². The predicted molar refractivity (Wildman–Crippen MR) is 67.7 cm³/mol. The minimum absolute atomic E-state index is 0.0163. The average Bonchev–Trinajstić information content (AvgIpc) is 2.38. The lowest BCUT2D eigenvalue weighted by molar-refractivity contribution is -0.384. The fourth-order valence-electron chi connectivity index (χ4n) is 2.16. The van der Waals surface area contributed by atoms with E-state index < -0.39 is 4.92 Å². The summed E-state index contributed by atoms with van der Waals surface area (Å²) >= 11 is 0. The number of aromatic nitrogens is 1. The molecule has 0 radical (unpaired) electrons. The van der Waals surface area contributed by atoms with Crippen molar-refractivity contribution in [1.29, 1.82) is 5.26 Å². The van der Waals surface area contributed by atoms with Gasteiger partial charge in [-0.25, -0.2) is 4.98 Å². The third kappa shape index (κ3) is 2.98. The third-order valence-corrected chi connectivity index (χ3v) is 3.05. The number of anilines is 1. The Morgan fingerprint density at radius 3 is 3.11 bits per heavy atom. The number of pyridine rings is 1. The van der Waals surface area contributed by atoms with Gasteiger partial charge in [0.15, 0.2) is 0 Å². The van der Waals surface area contributed by atoms with Gasteiger partial charge in [-0.2, -0.15) is 5.26 Å². The van der Waals surface area contributed by atoms with E-state index in [1.54, 1.807) is 0 Å². The minimum atomic E-state index is -0.573. The van der Waals surface area contributed by atoms with Gasteiger partial charge in [0.05, 0.1) is 11.0 Å². The lowest BCUT2D eigenvalue weighted by Gasteiger charge is -2.28. The number of hydrogen-bond donors (Lipinski definition) is 1. The highest BCUT2D eigenvalue weighted by Gasteiger charge is 2.25. The van der Waals surface area contributed by atoms with Crippen LogP contribution in [0.1, 0.15) is 25.3 Å². The molecule has 0 saturated carbocycles. The van der Waals surface area contributed by atoms with Crippen LogP contribution in [-0.4, -0.2) is 28.7 Å². The Morgan fingerprint density at radius 2 is 2.47 bits per heavy atom. The number of nitrogens with one attached hydrogen (secondary N) is 1. The van der Waals surface area contributed by atoms with Crippen molar-refractivity contribution >= 4 is 11.5 Å². The first-order valence-corrected chi connectivity index (χ1v) is 6.03. The predicted octanol–water partition coefficient (Wildman–Crippen LogP) is 1.84. The largest absolute Gasteiger partial charge is 0.378 e. The number of nitro groups is 1. The molecule has 0 bridgehead atoms. The molecule has 7 heteroatoms. The Labute approximate surface area is 110 Å². The highest BCUT2D eigenvalue weighted by atomic mass is 16.6. The van der Waals surface area contributed by atoms with Gasteiger partial charge >= 0.3 is 5.69 Å². The molecule has 2 rings (SSSR count). The van der Waals surface area contributed by atoms with Gasteiger partial charge in [-0.15, -0.1) is 0 Å². The molecule has 1 aliphatic rings. The molecule has 0 aliphatic carbocycles. The fourth-order valence-corrected chi connectivity index (χ4v) is 2.16. The van der Waals surface area contributed by atoms with E-state index in [2.05, 4.69) is 10.3 Å². The van der Waals surface area contributed by atoms with Gasteiger partial charge in [0.25, 0.3) is 0 Å². The number of hydrogen-bond acceptors (Lipinski definition) is 6. The first-order chi connectivity index (χ1) is 9.11. The van der Waals surface area contributed by atoms with E-state index in [0.29, 0.717) is 6.61 Å². The van der Waals surface area contributed by atoms with Crippen LogP contribution in [-0.2, 0) is 4.74 Å². The lowest BCUT2D eigenvalue weighted by atomic mass is 10.0. The summed E-state index contributed by atoms with van der Waals surface area (Å²) in [6, 6.07) is 3.23. The highest BCUT2D eigenvalue weighted by molar-refractivity contribution is 5.64. The van der Waals surface area contributed by atoms with Crippen LogP contribution in [0.3, 0.4) is 0 Å². The van der Waals surface area contributed by atoms with Crippen LogP contribution < -0.4 is 5.32 Å². The zero-order valence-electron chi connectivity index (χ0n) is 10.5. The van der Waals surface area contributed by atoms with E-state index in [1.807, 2.05) is 13.0 Å². The number of nitrogens with zero attached hydrogens (tertiary/aromatic N) is 3. The summed E-state index contributed by atoms with van der Waals surface area (Å²) in [4.78, 5) is 14.5. The summed E-state index contributed by atoms with van der Waals surface area (Å²) in [5.41, 5.74) is -0.244. The Balaban J connectivity index is 2.25. The first kappa shape index (κ1) is 13.2. The van der Waals surface area contributed by atoms with Crippen LogP contribution in [0, 0.1) is 21.4 Å². The summed E-state index contributed by atoms with van der Waals surface area (Å²) in [5.74, 6) is 0.156. The molecule has 2 unspecified atom stereocenters. The molecule has 100 valence electrons. The van der Waals surface area contributed by atoms with E-state index in [4.69, 9.17) is 10.00 Å². The normalized spacial score (nSPS) is 22.5. The Morgan fingerprint density at radius 1 is 1.68 bits per heavy atom. The second-order valence-corrected chi connectivity index (χ2v) is 4.47. The summed E-state index contributed by atoms with van der Waals surface area (Å²) in [6.07, 6.45) is 3.04. The number of ether oxygens (including phenoxy) is 1. The van der Waals surface area contributed by atoms with Crippen LogP contribution in [0.25, 0.3) is 0 Å². The van der Waals surface area contributed by atoms with Crippen LogP contribution in [0.5, 0.6) is 0 Å². The molecule has 0 amide bonds. The smallest absolute Gasteiger partial charge is 0.328 e. The number of nitriles is 1. The zero-order valence-corrected chi connectivity index (χ0v) is 10.5. The van der Waals surface area contributed by atoms with Crippen LogP contribution >= 0.6 is 0 Å². The summed E-state index contributed by atoms with van der Waals surface area (Å²) in [6.45, 7) is 2.58. The first-order valence-electron chi connectivity index (χ1n) is 6.03. The second kappa shape index (κ2) is 5.63. The van der Waals surface area contributed by atoms with Gasteiger partial charge in [0.2, 0.25) is 5.82 Å². The van der Waals surface area contributed by atoms with Crippen LogP contribution in [0.15, 0.2) is 12.3 Å². The molecule has 7 nitrogen and oxygen atoms in total. The zero-order chi connectivity index (χ0) is 13.8. The molecular weight excluding hydrogens is 248 g/mol. The lowest BCUT2D eigenvalue weighted by Crippen LogP contribution is -2.33. The van der Waals surface area contributed by atoms with Crippen molar-refractivity contribution in [3.63, 3.8) is 0 Å². The van der Waals surface area contributed by atoms with Gasteiger partial charge in [0.1, 0.15) is 11.6 Å². The van der Waals surface area contributed by atoms with Crippen molar-refractivity contribution in [1.82, 2.24) is 4.98 Å². The van der Waals surface area contributed by atoms with Crippen molar-refractivity contribution in [2.45, 2.75) is 31.9 Å². The van der Waals surface area contributed by atoms with Gasteiger partial charge in [-0.05, 0) is 25.8 Å². The monoisotopic (exact) mass is 262 g/mol. The molecule has 2 heterocycles. The summed E-state index contributed by atoms with van der Waals surface area (Å²) < 4.78 is 5.42. The van der Waals surface area contributed by atoms with E-state index in [-0.39, 0.29) is 29.2 Å². The molecular formula is C12H14N4O3. The van der Waals surface area contributed by atoms with Crippen molar-refractivity contribution in [2.24, 2.45) is 0 Å². The van der Waals surface area contributed by atoms with Crippen molar-refractivity contribution in [2.75, 3.05) is 11.9 Å². The van der Waals surface area contributed by atoms with Gasteiger partial charge < -0.3 is 10.1 Å². The molecule has 1 fully saturated rings. The van der Waals surface area contributed by atoms with E-state index in [9.17, 15) is 10.1 Å². The van der Waals surface area contributed by atoms with Crippen LogP contribution in [0.2, 0.25) is 0 Å². The topological polar surface area (TPSA) is 101 Å². The fraction of sp³-hybridized carbons (Fsp3) is 0.500. The molecule has 1 aromatic heterocycles. The Kier molecular flexibility index (Phi) is 3.92. The molecule has 1 aliphatic heterocycles. The maximum Gasteiger partial charge on any atom is 0.328 e. The van der Waals surface area contributed by atoms with E-state index in [0.717, 1.165) is 12.8 Å². The van der Waals surface area contributed by atoms with Gasteiger partial charge in [0, 0.05) is 18.8 Å². The summed E-state index contributed by atoms with van der Waals surface area (Å²) in [7, 11) is 0. The molecule has 1 aromatic rings. The van der Waals surface area contributed by atoms with E-state index >= 15 is 0 Å². The maximum absolute atomic E-state index is 11.1. The molecule has 2 atom stereocenters. The highest BCUT2D eigenvalue weighted by Crippen LogP contribution is 2.28. The standard InChI is InChI=1S/C12H14N4O3/c1-8-6-10(3-5-19-8)15-12-11(16(17)18)9(7-13)2-4-14-12/h2,4,8,10H,3,5-6H2,1H3,(H,14,15). The molecule has 19 heavy (non-hydrogen) atoms. The maximum atomic E-state index is 11.1. The van der Waals surface area contributed by atoms with Crippen LogP contribution in [0.4, 0.5) is 11.5 Å². The molecule has 1 N–H and O–H groups in total. The van der Waals surface area contributed by atoms with Crippen molar-refractivity contribution < 1.29 is 9.66 Å². The van der Waals surface area contributed by atoms with Gasteiger partial charge in [-0.1, -0.05) is 0 Å². The third-order valence-electron chi connectivity index (χ3n) is 3.05. The Bertz CT molecular complexity index is 526. The van der Waals surface area contributed by atoms with E-state index in [1.165, 1.54) is 12.3 Å². The second-order valence-electron chi connectivity index (χ2n) is 4.47. The SMILES string of the molecule is CC1CC(Nc2nccc(C#N)c2[N+](=O)[O-])CCO1. The summed E-state index contributed by atoms with van der Waals surface area (Å²) in [5, 5.41) is 23.0. The minimum Gasteiger partial charge on any atom is -0.378 e. The molecule has 1 saturated heterocycles. The Hall–Kier alpha value is -2.20. The molecule has 0 aromatic carbocycles. The number of rotatable bonds is 3. The quantitative estimate of drug-likeness (QED) is 0.658.